The second-order valence-corrected chi connectivity index (χ2v) is 6.27. The van der Waals surface area contributed by atoms with Gasteiger partial charge in [-0.3, -0.25) is 4.79 Å². The van der Waals surface area contributed by atoms with Crippen molar-refractivity contribution in [2.45, 2.75) is 13.0 Å². The van der Waals surface area contributed by atoms with Crippen LogP contribution in [0.15, 0.2) is 36.5 Å². The minimum atomic E-state index is -0.718. The normalized spacial score (nSPS) is 11.8. The van der Waals surface area contributed by atoms with Crippen molar-refractivity contribution in [2.24, 2.45) is 0 Å². The minimum absolute atomic E-state index is 0.310. The largest absolute Gasteiger partial charge is 0.479 e. The molecule has 4 nitrogen and oxygen atoms in total. The Balaban J connectivity index is 2.00. The molecule has 0 bridgehead atoms. The Hall–Kier alpha value is -1.05. The summed E-state index contributed by atoms with van der Waals surface area (Å²) in [4.78, 5) is 16.1. The molecular formula is C14H11Cl2IN2O2. The predicted octanol–water partition coefficient (Wildman–Crippen LogP) is 4.40. The molecule has 110 valence electrons. The first-order valence-electron chi connectivity index (χ1n) is 6.00. The maximum absolute atomic E-state index is 12.0. The predicted molar refractivity (Wildman–Crippen MR) is 92.1 cm³/mol. The number of carbonyl (C=O) groups excluding carboxylic acids is 1. The van der Waals surface area contributed by atoms with Gasteiger partial charge in [-0.2, -0.15) is 0 Å². The van der Waals surface area contributed by atoms with Crippen molar-refractivity contribution in [1.29, 1.82) is 0 Å². The van der Waals surface area contributed by atoms with Gasteiger partial charge in [0.2, 0.25) is 0 Å². The zero-order valence-electron chi connectivity index (χ0n) is 10.9. The van der Waals surface area contributed by atoms with E-state index in [-0.39, 0.29) is 5.91 Å². The molecule has 1 heterocycles. The zero-order valence-corrected chi connectivity index (χ0v) is 14.6. The number of anilines is 1. The highest BCUT2D eigenvalue weighted by atomic mass is 127. The Kier molecular flexibility index (Phi) is 5.66. The van der Waals surface area contributed by atoms with E-state index >= 15 is 0 Å². The Labute approximate surface area is 145 Å². The Bertz CT molecular complexity index is 650. The molecule has 0 unspecified atom stereocenters. The first-order valence-corrected chi connectivity index (χ1v) is 7.83. The molecule has 2 rings (SSSR count). The molecule has 0 aliphatic carbocycles. The van der Waals surface area contributed by atoms with Gasteiger partial charge in [0.1, 0.15) is 11.6 Å². The molecule has 0 fully saturated rings. The molecule has 0 saturated carbocycles. The molecule has 0 aliphatic rings. The summed E-state index contributed by atoms with van der Waals surface area (Å²) in [6.45, 7) is 1.63. The quantitative estimate of drug-likeness (QED) is 0.722. The molecule has 1 aromatic carbocycles. The van der Waals surface area contributed by atoms with E-state index in [1.807, 2.05) is 6.07 Å². The van der Waals surface area contributed by atoms with E-state index in [1.54, 1.807) is 37.4 Å². The van der Waals surface area contributed by atoms with Crippen LogP contribution in [0.5, 0.6) is 5.75 Å². The molecule has 0 saturated heterocycles. The minimum Gasteiger partial charge on any atom is -0.479 e. The van der Waals surface area contributed by atoms with Crippen LogP contribution in [-0.4, -0.2) is 17.0 Å². The van der Waals surface area contributed by atoms with Crippen molar-refractivity contribution in [3.05, 3.63) is 50.1 Å². The van der Waals surface area contributed by atoms with Crippen LogP contribution in [-0.2, 0) is 4.79 Å². The third kappa shape index (κ3) is 4.72. The molecular weight excluding hydrogens is 426 g/mol. The molecule has 7 heteroatoms. The lowest BCUT2D eigenvalue weighted by molar-refractivity contribution is -0.122. The lowest BCUT2D eigenvalue weighted by Crippen LogP contribution is -2.30. The average Bonchev–Trinajstić information content (AvgIpc) is 2.44. The van der Waals surface area contributed by atoms with Gasteiger partial charge >= 0.3 is 0 Å². The molecule has 1 amide bonds. The number of benzene rings is 1. The maximum atomic E-state index is 12.0. The van der Waals surface area contributed by atoms with Crippen molar-refractivity contribution < 1.29 is 9.53 Å². The summed E-state index contributed by atoms with van der Waals surface area (Å²) in [6.07, 6.45) is 0.947. The topological polar surface area (TPSA) is 51.2 Å². The van der Waals surface area contributed by atoms with Gasteiger partial charge in [0, 0.05) is 14.8 Å². The Morgan fingerprint density at radius 1 is 1.33 bits per heavy atom. The van der Waals surface area contributed by atoms with Gasteiger partial charge in [0.25, 0.3) is 5.91 Å². The van der Waals surface area contributed by atoms with Crippen molar-refractivity contribution in [2.75, 3.05) is 5.32 Å². The maximum Gasteiger partial charge on any atom is 0.266 e. The SMILES string of the molecule is C[C@@H](Oc1ccc(Cl)cc1Cl)C(=O)Nc1ccc(I)cn1. The highest BCUT2D eigenvalue weighted by molar-refractivity contribution is 14.1. The van der Waals surface area contributed by atoms with Gasteiger partial charge in [-0.15, -0.1) is 0 Å². The highest BCUT2D eigenvalue weighted by Gasteiger charge is 2.16. The van der Waals surface area contributed by atoms with E-state index < -0.39 is 6.10 Å². The van der Waals surface area contributed by atoms with E-state index in [0.29, 0.717) is 21.6 Å². The van der Waals surface area contributed by atoms with Crippen LogP contribution >= 0.6 is 45.8 Å². The summed E-state index contributed by atoms with van der Waals surface area (Å²) in [5.74, 6) is 0.562. The summed E-state index contributed by atoms with van der Waals surface area (Å²) in [5.41, 5.74) is 0. The fraction of sp³-hybridized carbons (Fsp3) is 0.143. The summed E-state index contributed by atoms with van der Waals surface area (Å²) in [6, 6.07) is 8.40. The Morgan fingerprint density at radius 2 is 2.10 bits per heavy atom. The monoisotopic (exact) mass is 436 g/mol. The summed E-state index contributed by atoms with van der Waals surface area (Å²) in [7, 11) is 0. The molecule has 2 aromatic rings. The lowest BCUT2D eigenvalue weighted by Gasteiger charge is -2.15. The highest BCUT2D eigenvalue weighted by Crippen LogP contribution is 2.28. The number of aromatic nitrogens is 1. The molecule has 1 aromatic heterocycles. The number of hydrogen-bond donors (Lipinski definition) is 1. The Morgan fingerprint density at radius 3 is 2.71 bits per heavy atom. The van der Waals surface area contributed by atoms with E-state index in [9.17, 15) is 4.79 Å². The molecule has 0 radical (unpaired) electrons. The van der Waals surface area contributed by atoms with Gasteiger partial charge < -0.3 is 10.1 Å². The van der Waals surface area contributed by atoms with Crippen molar-refractivity contribution in [3.63, 3.8) is 0 Å². The number of carbonyl (C=O) groups is 1. The first-order chi connectivity index (χ1) is 9.95. The van der Waals surface area contributed by atoms with Gasteiger partial charge in [-0.1, -0.05) is 23.2 Å². The van der Waals surface area contributed by atoms with Gasteiger partial charge in [0.05, 0.1) is 5.02 Å². The van der Waals surface area contributed by atoms with Crippen LogP contribution in [0.2, 0.25) is 10.0 Å². The van der Waals surface area contributed by atoms with Crippen molar-refractivity contribution in [3.8, 4) is 5.75 Å². The fourth-order valence-corrected chi connectivity index (χ4v) is 2.26. The van der Waals surface area contributed by atoms with Crippen LogP contribution in [0, 0.1) is 3.57 Å². The number of amides is 1. The number of halogens is 3. The van der Waals surface area contributed by atoms with E-state index in [0.717, 1.165) is 3.57 Å². The number of nitrogens with one attached hydrogen (secondary N) is 1. The first kappa shape index (κ1) is 16.3. The van der Waals surface area contributed by atoms with E-state index in [4.69, 9.17) is 27.9 Å². The average molecular weight is 437 g/mol. The van der Waals surface area contributed by atoms with Gasteiger partial charge in [0.15, 0.2) is 6.10 Å². The standard InChI is InChI=1S/C14H11Cl2IN2O2/c1-8(21-12-4-2-9(15)6-11(12)16)14(20)19-13-5-3-10(17)7-18-13/h2-8H,1H3,(H,18,19,20)/t8-/m1/s1. The summed E-state index contributed by atoms with van der Waals surface area (Å²) in [5, 5.41) is 3.54. The molecule has 21 heavy (non-hydrogen) atoms. The van der Waals surface area contributed by atoms with E-state index in [1.165, 1.54) is 0 Å². The fourth-order valence-electron chi connectivity index (χ4n) is 1.49. The number of hydrogen-bond acceptors (Lipinski definition) is 3. The van der Waals surface area contributed by atoms with Crippen LogP contribution in [0.4, 0.5) is 5.82 Å². The smallest absolute Gasteiger partial charge is 0.266 e. The van der Waals surface area contributed by atoms with Crippen LogP contribution in [0.25, 0.3) is 0 Å². The number of nitrogens with zero attached hydrogens (tertiary/aromatic N) is 1. The van der Waals surface area contributed by atoms with Crippen LogP contribution in [0.1, 0.15) is 6.92 Å². The summed E-state index contributed by atoms with van der Waals surface area (Å²) >= 11 is 13.9. The van der Waals surface area contributed by atoms with Crippen LogP contribution in [0.3, 0.4) is 0 Å². The molecule has 1 atom stereocenters. The number of ether oxygens (including phenoxy) is 1. The van der Waals surface area contributed by atoms with Crippen molar-refractivity contribution >= 4 is 57.5 Å². The second-order valence-electron chi connectivity index (χ2n) is 4.19. The van der Waals surface area contributed by atoms with Crippen molar-refractivity contribution in [1.82, 2.24) is 4.98 Å². The van der Waals surface area contributed by atoms with Crippen LogP contribution < -0.4 is 10.1 Å². The zero-order chi connectivity index (χ0) is 15.4. The van der Waals surface area contributed by atoms with Gasteiger partial charge in [-0.05, 0) is 59.8 Å². The second kappa shape index (κ2) is 7.29. The van der Waals surface area contributed by atoms with Gasteiger partial charge in [-0.25, -0.2) is 4.98 Å². The summed E-state index contributed by atoms with van der Waals surface area (Å²) < 4.78 is 6.51. The molecule has 0 aliphatic heterocycles. The third-order valence-electron chi connectivity index (χ3n) is 2.55. The van der Waals surface area contributed by atoms with E-state index in [2.05, 4.69) is 32.9 Å². The number of pyridine rings is 1. The third-order valence-corrected chi connectivity index (χ3v) is 3.71. The molecule has 0 spiro atoms. The molecule has 1 N–H and O–H groups in total. The lowest BCUT2D eigenvalue weighted by atomic mass is 10.3. The number of rotatable bonds is 4.